The fraction of sp³-hybridized carbons (Fsp3) is 0.556. The van der Waals surface area contributed by atoms with Gasteiger partial charge in [-0.05, 0) is 42.6 Å². The van der Waals surface area contributed by atoms with Crippen molar-refractivity contribution in [2.45, 2.75) is 10.6 Å². The first-order valence-electron chi connectivity index (χ1n) is 4.32. The van der Waals surface area contributed by atoms with Crippen LogP contribution in [0.4, 0.5) is 0 Å². The van der Waals surface area contributed by atoms with Crippen LogP contribution in [0.3, 0.4) is 0 Å². The maximum absolute atomic E-state index is 3.30. The summed E-state index contributed by atoms with van der Waals surface area (Å²) < 4.78 is 1.46. The Morgan fingerprint density at radius 2 is 2.50 bits per heavy atom. The summed E-state index contributed by atoms with van der Waals surface area (Å²) in [6, 6.07) is 4.33. The standard InChI is InChI=1S/C9H13NS2/c1-2-9(11-4-1)12-5-3-8-6-10-7-8/h1-2,4,8,10H,3,5-7H2. The van der Waals surface area contributed by atoms with Gasteiger partial charge < -0.3 is 5.32 Å². The van der Waals surface area contributed by atoms with Crippen LogP contribution in [0.1, 0.15) is 6.42 Å². The maximum atomic E-state index is 3.30. The number of hydrogen-bond acceptors (Lipinski definition) is 3. The van der Waals surface area contributed by atoms with Crippen molar-refractivity contribution in [3.63, 3.8) is 0 Å². The average molecular weight is 199 g/mol. The molecule has 2 rings (SSSR count). The highest BCUT2D eigenvalue weighted by molar-refractivity contribution is 8.01. The predicted molar refractivity (Wildman–Crippen MR) is 56.0 cm³/mol. The zero-order valence-corrected chi connectivity index (χ0v) is 8.59. The Hall–Kier alpha value is 0.01000. The molecule has 66 valence electrons. The van der Waals surface area contributed by atoms with Crippen LogP contribution in [0, 0.1) is 5.92 Å². The lowest BCUT2D eigenvalue weighted by Gasteiger charge is -2.26. The monoisotopic (exact) mass is 199 g/mol. The Balaban J connectivity index is 1.62. The van der Waals surface area contributed by atoms with Crippen molar-refractivity contribution in [2.75, 3.05) is 18.8 Å². The van der Waals surface area contributed by atoms with Gasteiger partial charge in [0, 0.05) is 0 Å². The van der Waals surface area contributed by atoms with E-state index in [0.717, 1.165) is 5.92 Å². The van der Waals surface area contributed by atoms with Crippen molar-refractivity contribution in [1.82, 2.24) is 5.32 Å². The summed E-state index contributed by atoms with van der Waals surface area (Å²) >= 11 is 3.84. The Kier molecular flexibility index (Phi) is 3.08. The molecule has 3 heteroatoms. The molecule has 2 heterocycles. The van der Waals surface area contributed by atoms with Crippen molar-refractivity contribution in [3.05, 3.63) is 17.5 Å². The van der Waals surface area contributed by atoms with Crippen LogP contribution in [0.25, 0.3) is 0 Å². The summed E-state index contributed by atoms with van der Waals surface area (Å²) in [5.41, 5.74) is 0. The smallest absolute Gasteiger partial charge is 0.0598 e. The maximum Gasteiger partial charge on any atom is 0.0598 e. The molecule has 0 aliphatic carbocycles. The molecule has 1 aromatic rings. The molecule has 0 spiro atoms. The van der Waals surface area contributed by atoms with Crippen molar-refractivity contribution < 1.29 is 0 Å². The highest BCUT2D eigenvalue weighted by Gasteiger charge is 2.15. The fourth-order valence-corrected chi connectivity index (χ4v) is 3.19. The van der Waals surface area contributed by atoms with Crippen LogP contribution in [0.15, 0.2) is 21.7 Å². The summed E-state index contributed by atoms with van der Waals surface area (Å²) in [6.45, 7) is 2.48. The van der Waals surface area contributed by atoms with E-state index < -0.39 is 0 Å². The second-order valence-corrected chi connectivity index (χ2v) is 5.44. The van der Waals surface area contributed by atoms with E-state index in [9.17, 15) is 0 Å². The van der Waals surface area contributed by atoms with Gasteiger partial charge in [0.15, 0.2) is 0 Å². The summed E-state index contributed by atoms with van der Waals surface area (Å²) in [5.74, 6) is 2.24. The van der Waals surface area contributed by atoms with Crippen LogP contribution in [-0.4, -0.2) is 18.8 Å². The highest BCUT2D eigenvalue weighted by Crippen LogP contribution is 2.25. The van der Waals surface area contributed by atoms with Gasteiger partial charge in [-0.3, -0.25) is 0 Å². The Morgan fingerprint density at radius 3 is 3.08 bits per heavy atom. The molecular formula is C9H13NS2. The number of thioether (sulfide) groups is 1. The third kappa shape index (κ3) is 2.25. The minimum atomic E-state index is 0.956. The molecule has 0 saturated carbocycles. The summed E-state index contributed by atoms with van der Waals surface area (Å²) in [5, 5.41) is 5.44. The third-order valence-corrected chi connectivity index (χ3v) is 4.30. The van der Waals surface area contributed by atoms with E-state index in [0.29, 0.717) is 0 Å². The zero-order chi connectivity index (χ0) is 8.23. The quantitative estimate of drug-likeness (QED) is 0.748. The Labute approximate surface area is 81.6 Å². The van der Waals surface area contributed by atoms with Gasteiger partial charge >= 0.3 is 0 Å². The molecule has 0 radical (unpaired) electrons. The number of nitrogens with one attached hydrogen (secondary N) is 1. The number of hydrogen-bond donors (Lipinski definition) is 1. The van der Waals surface area contributed by atoms with Crippen molar-refractivity contribution >= 4 is 23.1 Å². The molecular weight excluding hydrogens is 186 g/mol. The second-order valence-electron chi connectivity index (χ2n) is 3.09. The lowest BCUT2D eigenvalue weighted by atomic mass is 10.0. The minimum absolute atomic E-state index is 0.956. The summed E-state index contributed by atoms with van der Waals surface area (Å²) in [7, 11) is 0. The zero-order valence-electron chi connectivity index (χ0n) is 6.95. The van der Waals surface area contributed by atoms with E-state index in [1.807, 2.05) is 23.1 Å². The summed E-state index contributed by atoms with van der Waals surface area (Å²) in [4.78, 5) is 0. The molecule has 0 bridgehead atoms. The van der Waals surface area contributed by atoms with Crippen molar-refractivity contribution in [1.29, 1.82) is 0 Å². The molecule has 12 heavy (non-hydrogen) atoms. The topological polar surface area (TPSA) is 12.0 Å². The van der Waals surface area contributed by atoms with Crippen LogP contribution in [0.5, 0.6) is 0 Å². The van der Waals surface area contributed by atoms with Gasteiger partial charge in [0.25, 0.3) is 0 Å². The molecule has 1 saturated heterocycles. The lowest BCUT2D eigenvalue weighted by Crippen LogP contribution is -2.42. The molecule has 0 aromatic carbocycles. The molecule has 0 atom stereocenters. The first-order chi connectivity index (χ1) is 5.95. The fourth-order valence-electron chi connectivity index (χ4n) is 1.22. The van der Waals surface area contributed by atoms with Gasteiger partial charge in [-0.15, -0.1) is 23.1 Å². The van der Waals surface area contributed by atoms with Crippen LogP contribution >= 0.6 is 23.1 Å². The highest BCUT2D eigenvalue weighted by atomic mass is 32.2. The van der Waals surface area contributed by atoms with Crippen molar-refractivity contribution in [2.24, 2.45) is 5.92 Å². The van der Waals surface area contributed by atoms with Crippen LogP contribution in [0.2, 0.25) is 0 Å². The Bertz CT molecular complexity index is 216. The van der Waals surface area contributed by atoms with Gasteiger partial charge in [0.2, 0.25) is 0 Å². The van der Waals surface area contributed by atoms with E-state index in [1.54, 1.807) is 0 Å². The molecule has 1 fully saturated rings. The number of rotatable bonds is 4. The van der Waals surface area contributed by atoms with E-state index in [4.69, 9.17) is 0 Å². The predicted octanol–water partition coefficient (Wildman–Crippen LogP) is 2.45. The van der Waals surface area contributed by atoms with Gasteiger partial charge in [0.05, 0.1) is 4.21 Å². The normalized spacial score (nSPS) is 17.7. The van der Waals surface area contributed by atoms with Crippen LogP contribution < -0.4 is 5.32 Å². The molecule has 0 amide bonds. The molecule has 0 unspecified atom stereocenters. The third-order valence-electron chi connectivity index (χ3n) is 2.13. The SMILES string of the molecule is c1csc(SCCC2CNC2)c1. The molecule has 1 N–H and O–H groups in total. The Morgan fingerprint density at radius 1 is 1.58 bits per heavy atom. The van der Waals surface area contributed by atoms with Crippen molar-refractivity contribution in [3.8, 4) is 0 Å². The lowest BCUT2D eigenvalue weighted by molar-refractivity contribution is 0.341. The first kappa shape index (κ1) is 8.60. The average Bonchev–Trinajstić information content (AvgIpc) is 2.46. The minimum Gasteiger partial charge on any atom is -0.316 e. The van der Waals surface area contributed by atoms with Gasteiger partial charge in [-0.2, -0.15) is 0 Å². The van der Waals surface area contributed by atoms with Gasteiger partial charge in [0.1, 0.15) is 0 Å². The van der Waals surface area contributed by atoms with E-state index in [1.165, 1.54) is 29.5 Å². The molecule has 1 aliphatic heterocycles. The molecule has 1 aliphatic rings. The van der Waals surface area contributed by atoms with E-state index in [2.05, 4.69) is 22.8 Å². The second kappa shape index (κ2) is 4.30. The van der Waals surface area contributed by atoms with E-state index in [-0.39, 0.29) is 0 Å². The first-order valence-corrected chi connectivity index (χ1v) is 6.19. The largest absolute Gasteiger partial charge is 0.316 e. The number of thiophene rings is 1. The molecule has 1 nitrogen and oxygen atoms in total. The molecule has 1 aromatic heterocycles. The van der Waals surface area contributed by atoms with Crippen LogP contribution in [-0.2, 0) is 0 Å². The van der Waals surface area contributed by atoms with E-state index >= 15 is 0 Å². The summed E-state index contributed by atoms with van der Waals surface area (Å²) in [6.07, 6.45) is 1.37. The van der Waals surface area contributed by atoms with Gasteiger partial charge in [-0.1, -0.05) is 6.07 Å². The van der Waals surface area contributed by atoms with Gasteiger partial charge in [-0.25, -0.2) is 0 Å².